The predicted octanol–water partition coefficient (Wildman–Crippen LogP) is 0.698. The number of hydrogen-bond donors (Lipinski definition) is 1. The van der Waals surface area contributed by atoms with Crippen molar-refractivity contribution in [1.82, 2.24) is 15.3 Å². The van der Waals surface area contributed by atoms with Gasteiger partial charge < -0.3 is 9.64 Å². The monoisotopic (exact) mass is 227 g/mol. The molecule has 16 heavy (non-hydrogen) atoms. The fourth-order valence-electron chi connectivity index (χ4n) is 2.40. The molecule has 4 nitrogen and oxygen atoms in total. The summed E-state index contributed by atoms with van der Waals surface area (Å²) < 4.78 is 5.61. The third-order valence-electron chi connectivity index (χ3n) is 3.57. The van der Waals surface area contributed by atoms with Crippen LogP contribution in [0.15, 0.2) is 0 Å². The second-order valence-corrected chi connectivity index (χ2v) is 4.98. The molecule has 0 aliphatic carbocycles. The van der Waals surface area contributed by atoms with E-state index in [9.17, 15) is 0 Å². The molecular weight excluding hydrogens is 202 g/mol. The van der Waals surface area contributed by atoms with Gasteiger partial charge in [0, 0.05) is 39.3 Å². The number of rotatable bonds is 5. The molecule has 1 atom stereocenters. The maximum Gasteiger partial charge on any atom is 0.0576 e. The van der Waals surface area contributed by atoms with E-state index in [4.69, 9.17) is 4.74 Å². The molecule has 0 amide bonds. The Bertz CT molecular complexity index is 187. The molecule has 2 heterocycles. The largest absolute Gasteiger partial charge is 0.378 e. The zero-order chi connectivity index (χ0) is 11.2. The van der Waals surface area contributed by atoms with Gasteiger partial charge in [0.25, 0.3) is 0 Å². The highest BCUT2D eigenvalue weighted by Crippen LogP contribution is 2.16. The zero-order valence-corrected chi connectivity index (χ0v) is 10.5. The van der Waals surface area contributed by atoms with Crippen LogP contribution in [-0.4, -0.2) is 62.4 Å². The Morgan fingerprint density at radius 1 is 1.25 bits per heavy atom. The van der Waals surface area contributed by atoms with Crippen LogP contribution >= 0.6 is 0 Å². The first kappa shape index (κ1) is 12.3. The number of piperazine rings is 1. The average molecular weight is 227 g/mol. The summed E-state index contributed by atoms with van der Waals surface area (Å²) in [6.45, 7) is 6.74. The van der Waals surface area contributed by atoms with Crippen molar-refractivity contribution in [2.24, 2.45) is 0 Å². The fourth-order valence-corrected chi connectivity index (χ4v) is 2.40. The molecule has 0 aromatic carbocycles. The lowest BCUT2D eigenvalue weighted by atomic mass is 10.1. The van der Waals surface area contributed by atoms with Crippen molar-refractivity contribution in [3.05, 3.63) is 0 Å². The van der Waals surface area contributed by atoms with Crippen molar-refractivity contribution in [1.29, 1.82) is 0 Å². The molecule has 2 rings (SSSR count). The number of likely N-dealkylation sites (N-methyl/N-ethyl adjacent to an activating group) is 1. The molecule has 0 aromatic rings. The first-order valence-electron chi connectivity index (χ1n) is 6.63. The highest BCUT2D eigenvalue weighted by atomic mass is 16.5. The second kappa shape index (κ2) is 6.55. The Kier molecular flexibility index (Phi) is 5.03. The minimum atomic E-state index is 0.550. The first-order chi connectivity index (χ1) is 7.84. The molecule has 0 aromatic heterocycles. The molecule has 0 saturated carbocycles. The number of hydrazine groups is 1. The summed E-state index contributed by atoms with van der Waals surface area (Å²) in [4.78, 5) is 2.38. The quantitative estimate of drug-likeness (QED) is 0.700. The summed E-state index contributed by atoms with van der Waals surface area (Å²) in [5.74, 6) is 0. The van der Waals surface area contributed by atoms with Gasteiger partial charge >= 0.3 is 0 Å². The van der Waals surface area contributed by atoms with E-state index in [-0.39, 0.29) is 0 Å². The zero-order valence-electron chi connectivity index (χ0n) is 10.5. The maximum atomic E-state index is 5.61. The van der Waals surface area contributed by atoms with Gasteiger partial charge in [-0.3, -0.25) is 5.43 Å². The van der Waals surface area contributed by atoms with Crippen molar-refractivity contribution in [2.75, 3.05) is 46.4 Å². The van der Waals surface area contributed by atoms with Gasteiger partial charge in [0.15, 0.2) is 0 Å². The van der Waals surface area contributed by atoms with Crippen molar-refractivity contribution in [3.63, 3.8) is 0 Å². The van der Waals surface area contributed by atoms with Gasteiger partial charge in [0.2, 0.25) is 0 Å². The van der Waals surface area contributed by atoms with E-state index < -0.39 is 0 Å². The smallest absolute Gasteiger partial charge is 0.0576 e. The van der Waals surface area contributed by atoms with E-state index in [1.165, 1.54) is 38.8 Å². The second-order valence-electron chi connectivity index (χ2n) is 4.98. The van der Waals surface area contributed by atoms with Crippen molar-refractivity contribution >= 4 is 0 Å². The number of nitrogens with one attached hydrogen (secondary N) is 1. The van der Waals surface area contributed by atoms with E-state index in [2.05, 4.69) is 22.4 Å². The summed E-state index contributed by atoms with van der Waals surface area (Å²) in [6.07, 6.45) is 5.54. The van der Waals surface area contributed by atoms with Gasteiger partial charge in [-0.15, -0.1) is 0 Å². The lowest BCUT2D eigenvalue weighted by Crippen LogP contribution is -2.50. The van der Waals surface area contributed by atoms with Crippen LogP contribution in [0.5, 0.6) is 0 Å². The summed E-state index contributed by atoms with van der Waals surface area (Å²) >= 11 is 0. The summed E-state index contributed by atoms with van der Waals surface area (Å²) in [5, 5.41) is 2.36. The van der Waals surface area contributed by atoms with Crippen molar-refractivity contribution < 1.29 is 4.74 Å². The molecular formula is C12H25N3O. The molecule has 2 saturated heterocycles. The van der Waals surface area contributed by atoms with Gasteiger partial charge in [0.1, 0.15) is 0 Å². The van der Waals surface area contributed by atoms with E-state index in [0.717, 1.165) is 26.2 Å². The number of ether oxygens (including phenoxy) is 1. The van der Waals surface area contributed by atoms with Gasteiger partial charge in [-0.2, -0.15) is 0 Å². The van der Waals surface area contributed by atoms with E-state index in [1.54, 1.807) is 0 Å². The highest BCUT2D eigenvalue weighted by molar-refractivity contribution is 4.68. The fraction of sp³-hybridized carbons (Fsp3) is 1.00. The molecule has 0 spiro atoms. The lowest BCUT2D eigenvalue weighted by molar-refractivity contribution is 0.0887. The standard InChI is InChI=1S/C12H25N3O/c1-14-7-9-15(10-8-14)13-6-2-4-12-5-3-11-16-12/h12-13H,2-11H2,1H3. The first-order valence-corrected chi connectivity index (χ1v) is 6.63. The SMILES string of the molecule is CN1CCN(NCCCC2CCCO2)CC1. The Labute approximate surface area is 98.9 Å². The topological polar surface area (TPSA) is 27.7 Å². The average Bonchev–Trinajstić information content (AvgIpc) is 2.80. The van der Waals surface area contributed by atoms with Gasteiger partial charge in [0.05, 0.1) is 6.10 Å². The minimum absolute atomic E-state index is 0.550. The van der Waals surface area contributed by atoms with E-state index in [1.807, 2.05) is 0 Å². The molecule has 2 aliphatic rings. The van der Waals surface area contributed by atoms with Crippen LogP contribution < -0.4 is 5.43 Å². The van der Waals surface area contributed by atoms with Crippen LogP contribution in [0.1, 0.15) is 25.7 Å². The van der Waals surface area contributed by atoms with Crippen LogP contribution in [-0.2, 0) is 4.74 Å². The van der Waals surface area contributed by atoms with E-state index in [0.29, 0.717) is 6.10 Å². The van der Waals surface area contributed by atoms with E-state index >= 15 is 0 Å². The van der Waals surface area contributed by atoms with Crippen LogP contribution in [0.4, 0.5) is 0 Å². The summed E-state index contributed by atoms with van der Waals surface area (Å²) in [6, 6.07) is 0. The van der Waals surface area contributed by atoms with Crippen molar-refractivity contribution in [3.8, 4) is 0 Å². The van der Waals surface area contributed by atoms with Crippen LogP contribution in [0.2, 0.25) is 0 Å². The predicted molar refractivity (Wildman–Crippen MR) is 65.3 cm³/mol. The van der Waals surface area contributed by atoms with Crippen LogP contribution in [0, 0.1) is 0 Å². The Hall–Kier alpha value is -0.160. The molecule has 0 radical (unpaired) electrons. The molecule has 1 N–H and O–H groups in total. The molecule has 1 unspecified atom stereocenters. The molecule has 0 bridgehead atoms. The Morgan fingerprint density at radius 3 is 2.75 bits per heavy atom. The summed E-state index contributed by atoms with van der Waals surface area (Å²) in [7, 11) is 2.19. The van der Waals surface area contributed by atoms with Crippen LogP contribution in [0.3, 0.4) is 0 Å². The minimum Gasteiger partial charge on any atom is -0.378 e. The number of nitrogens with zero attached hydrogens (tertiary/aromatic N) is 2. The van der Waals surface area contributed by atoms with Gasteiger partial charge in [-0.25, -0.2) is 5.01 Å². The van der Waals surface area contributed by atoms with Crippen LogP contribution in [0.25, 0.3) is 0 Å². The third-order valence-corrected chi connectivity index (χ3v) is 3.57. The highest BCUT2D eigenvalue weighted by Gasteiger charge is 2.15. The van der Waals surface area contributed by atoms with Gasteiger partial charge in [-0.1, -0.05) is 0 Å². The molecule has 4 heteroatoms. The molecule has 94 valence electrons. The number of hydrogen-bond acceptors (Lipinski definition) is 4. The van der Waals surface area contributed by atoms with Crippen molar-refractivity contribution in [2.45, 2.75) is 31.8 Å². The third kappa shape index (κ3) is 4.01. The Morgan fingerprint density at radius 2 is 2.06 bits per heavy atom. The molecule has 2 fully saturated rings. The normalized spacial score (nSPS) is 28.7. The maximum absolute atomic E-state index is 5.61. The Balaban J connectivity index is 1.48. The molecule has 2 aliphatic heterocycles. The lowest BCUT2D eigenvalue weighted by Gasteiger charge is -2.32. The summed E-state index contributed by atoms with van der Waals surface area (Å²) in [5.41, 5.74) is 3.52. The van der Waals surface area contributed by atoms with Gasteiger partial charge in [-0.05, 0) is 32.7 Å².